The van der Waals surface area contributed by atoms with E-state index >= 15 is 0 Å². The summed E-state index contributed by atoms with van der Waals surface area (Å²) in [7, 11) is 3.01. The van der Waals surface area contributed by atoms with Crippen LogP contribution in [-0.4, -0.2) is 63.8 Å². The molecule has 2 aliphatic heterocycles. The third kappa shape index (κ3) is 5.07. The lowest BCUT2D eigenvalue weighted by Crippen LogP contribution is -2.51. The van der Waals surface area contributed by atoms with Crippen molar-refractivity contribution in [1.29, 1.82) is 0 Å². The lowest BCUT2D eigenvalue weighted by molar-refractivity contribution is -0.136. The van der Waals surface area contributed by atoms with Gasteiger partial charge in [0.25, 0.3) is 0 Å². The van der Waals surface area contributed by atoms with Gasteiger partial charge in [0.1, 0.15) is 5.75 Å². The van der Waals surface area contributed by atoms with E-state index in [2.05, 4.69) is 26.5 Å². The SMILES string of the molecule is COC(=O)C1=C(CN2CCN(c3ccccc3OC)CC2)NC(=O)N[C@H]1c1cccc(Cl)c1. The van der Waals surface area contributed by atoms with Crippen LogP contribution >= 0.6 is 11.6 Å². The topological polar surface area (TPSA) is 83.1 Å². The Labute approximate surface area is 198 Å². The van der Waals surface area contributed by atoms with Gasteiger partial charge in [-0.3, -0.25) is 4.90 Å². The van der Waals surface area contributed by atoms with Crippen molar-refractivity contribution >= 4 is 29.3 Å². The fourth-order valence-corrected chi connectivity index (χ4v) is 4.49. The highest BCUT2D eigenvalue weighted by molar-refractivity contribution is 6.30. The number of hydrogen-bond donors (Lipinski definition) is 2. The van der Waals surface area contributed by atoms with E-state index in [0.29, 0.717) is 22.8 Å². The highest BCUT2D eigenvalue weighted by atomic mass is 35.5. The number of carbonyl (C=O) groups excluding carboxylic acids is 2. The van der Waals surface area contributed by atoms with E-state index in [1.807, 2.05) is 24.3 Å². The Morgan fingerprint density at radius 3 is 2.55 bits per heavy atom. The molecule has 2 aliphatic rings. The molecular formula is C24H27ClN4O4. The summed E-state index contributed by atoms with van der Waals surface area (Å²) in [4.78, 5) is 29.7. The molecule has 0 aliphatic carbocycles. The van der Waals surface area contributed by atoms with Crippen molar-refractivity contribution < 1.29 is 19.1 Å². The Bertz CT molecular complexity index is 1070. The highest BCUT2D eigenvalue weighted by Crippen LogP contribution is 2.31. The Morgan fingerprint density at radius 1 is 1.09 bits per heavy atom. The number of piperazine rings is 1. The fourth-order valence-electron chi connectivity index (χ4n) is 4.29. The summed E-state index contributed by atoms with van der Waals surface area (Å²) >= 11 is 6.16. The number of hydrogen-bond acceptors (Lipinski definition) is 6. The zero-order valence-corrected chi connectivity index (χ0v) is 19.4. The summed E-state index contributed by atoms with van der Waals surface area (Å²) in [5.74, 6) is 0.353. The zero-order chi connectivity index (χ0) is 23.4. The number of anilines is 1. The molecule has 1 atom stereocenters. The molecule has 0 spiro atoms. The second kappa shape index (κ2) is 10.1. The van der Waals surface area contributed by atoms with Gasteiger partial charge in [-0.15, -0.1) is 0 Å². The van der Waals surface area contributed by atoms with Crippen LogP contribution < -0.4 is 20.3 Å². The van der Waals surface area contributed by atoms with Gasteiger partial charge in [-0.25, -0.2) is 9.59 Å². The number of para-hydroxylation sites is 2. The zero-order valence-electron chi connectivity index (χ0n) is 18.6. The lowest BCUT2D eigenvalue weighted by Gasteiger charge is -2.38. The van der Waals surface area contributed by atoms with Gasteiger partial charge < -0.3 is 25.0 Å². The molecule has 0 saturated carbocycles. The minimum atomic E-state index is -0.644. The van der Waals surface area contributed by atoms with E-state index in [9.17, 15) is 9.59 Å². The average molecular weight is 471 g/mol. The first-order chi connectivity index (χ1) is 16.0. The highest BCUT2D eigenvalue weighted by Gasteiger charge is 2.34. The number of nitrogens with zero attached hydrogens (tertiary/aromatic N) is 2. The van der Waals surface area contributed by atoms with Crippen molar-refractivity contribution in [3.63, 3.8) is 0 Å². The molecule has 2 aromatic rings. The smallest absolute Gasteiger partial charge is 0.338 e. The normalized spacial score (nSPS) is 19.1. The summed E-state index contributed by atoms with van der Waals surface area (Å²) < 4.78 is 10.6. The molecule has 1 fully saturated rings. The molecule has 0 radical (unpaired) electrons. The van der Waals surface area contributed by atoms with Crippen LogP contribution in [0.2, 0.25) is 5.02 Å². The molecule has 1 saturated heterocycles. The predicted octanol–water partition coefficient (Wildman–Crippen LogP) is 2.95. The number of nitrogens with one attached hydrogen (secondary N) is 2. The molecule has 0 unspecified atom stereocenters. The number of rotatable bonds is 6. The van der Waals surface area contributed by atoms with Crippen LogP contribution in [0.5, 0.6) is 5.75 Å². The maximum Gasteiger partial charge on any atom is 0.338 e. The number of esters is 1. The largest absolute Gasteiger partial charge is 0.495 e. The molecule has 0 aromatic heterocycles. The molecule has 2 amide bonds. The van der Waals surface area contributed by atoms with Crippen molar-refractivity contribution in [2.75, 3.05) is 51.8 Å². The third-order valence-corrected chi connectivity index (χ3v) is 6.16. The van der Waals surface area contributed by atoms with Gasteiger partial charge in [0.2, 0.25) is 0 Å². The van der Waals surface area contributed by atoms with Crippen LogP contribution in [0.4, 0.5) is 10.5 Å². The van der Waals surface area contributed by atoms with E-state index in [1.54, 1.807) is 25.3 Å². The number of carbonyl (C=O) groups is 2. The van der Waals surface area contributed by atoms with Crippen molar-refractivity contribution in [3.8, 4) is 5.75 Å². The summed E-state index contributed by atoms with van der Waals surface area (Å²) in [6, 6.07) is 14.1. The Balaban J connectivity index is 1.55. The molecule has 2 aromatic carbocycles. The Morgan fingerprint density at radius 2 is 1.85 bits per heavy atom. The Hall–Kier alpha value is -3.23. The van der Waals surface area contributed by atoms with E-state index < -0.39 is 12.0 Å². The molecule has 9 heteroatoms. The van der Waals surface area contributed by atoms with Crippen LogP contribution in [-0.2, 0) is 9.53 Å². The molecule has 0 bridgehead atoms. The van der Waals surface area contributed by atoms with Crippen molar-refractivity contribution in [1.82, 2.24) is 15.5 Å². The molecule has 33 heavy (non-hydrogen) atoms. The standard InChI is InChI=1S/C24H27ClN4O4/c1-32-20-9-4-3-8-19(20)29-12-10-28(11-13-29)15-18-21(23(30)33-2)22(27-24(31)26-18)16-6-5-7-17(25)14-16/h3-9,14,22H,10-13,15H2,1-2H3,(H2,26,27,31)/t22-/m0/s1. The summed E-state index contributed by atoms with van der Waals surface area (Å²) in [5.41, 5.74) is 2.70. The first-order valence-corrected chi connectivity index (χ1v) is 11.1. The van der Waals surface area contributed by atoms with Crippen LogP contribution in [0.3, 0.4) is 0 Å². The third-order valence-electron chi connectivity index (χ3n) is 5.92. The van der Waals surface area contributed by atoms with Gasteiger partial charge in [0.05, 0.1) is 31.5 Å². The average Bonchev–Trinajstić information content (AvgIpc) is 2.83. The molecular weight excluding hydrogens is 444 g/mol. The maximum atomic E-state index is 12.8. The van der Waals surface area contributed by atoms with Crippen LogP contribution in [0, 0.1) is 0 Å². The van der Waals surface area contributed by atoms with Gasteiger partial charge >= 0.3 is 12.0 Å². The first kappa shape index (κ1) is 22.9. The number of amides is 2. The van der Waals surface area contributed by atoms with E-state index in [-0.39, 0.29) is 6.03 Å². The molecule has 8 nitrogen and oxygen atoms in total. The fraction of sp³-hybridized carbons (Fsp3) is 0.333. The Kier molecular flexibility index (Phi) is 7.05. The molecule has 174 valence electrons. The summed E-state index contributed by atoms with van der Waals surface area (Å²) in [6.07, 6.45) is 0. The number of benzene rings is 2. The number of ether oxygens (including phenoxy) is 2. The lowest BCUT2D eigenvalue weighted by atomic mass is 9.95. The van der Waals surface area contributed by atoms with Crippen LogP contribution in [0.15, 0.2) is 59.8 Å². The van der Waals surface area contributed by atoms with Gasteiger partial charge in [-0.05, 0) is 29.8 Å². The summed E-state index contributed by atoms with van der Waals surface area (Å²) in [6.45, 7) is 3.55. The van der Waals surface area contributed by atoms with Crippen LogP contribution in [0.25, 0.3) is 0 Å². The number of urea groups is 1. The van der Waals surface area contributed by atoms with Crippen molar-refractivity contribution in [2.24, 2.45) is 0 Å². The van der Waals surface area contributed by atoms with E-state index in [0.717, 1.165) is 43.2 Å². The van der Waals surface area contributed by atoms with Gasteiger partial charge in [0.15, 0.2) is 0 Å². The second-order valence-electron chi connectivity index (χ2n) is 7.91. The summed E-state index contributed by atoms with van der Waals surface area (Å²) in [5, 5.41) is 6.18. The second-order valence-corrected chi connectivity index (χ2v) is 8.34. The van der Waals surface area contributed by atoms with Crippen molar-refractivity contribution in [3.05, 3.63) is 70.4 Å². The van der Waals surface area contributed by atoms with E-state index in [4.69, 9.17) is 21.1 Å². The molecule has 2 N–H and O–H groups in total. The van der Waals surface area contributed by atoms with E-state index in [1.165, 1.54) is 7.11 Å². The monoisotopic (exact) mass is 470 g/mol. The quantitative estimate of drug-likeness (QED) is 0.632. The number of halogens is 1. The van der Waals surface area contributed by atoms with Crippen molar-refractivity contribution in [2.45, 2.75) is 6.04 Å². The van der Waals surface area contributed by atoms with Gasteiger partial charge in [-0.2, -0.15) is 0 Å². The van der Waals surface area contributed by atoms with Gasteiger partial charge in [-0.1, -0.05) is 35.9 Å². The maximum absolute atomic E-state index is 12.8. The molecule has 4 rings (SSSR count). The minimum Gasteiger partial charge on any atom is -0.495 e. The number of methoxy groups -OCH3 is 2. The minimum absolute atomic E-state index is 0.365. The van der Waals surface area contributed by atoms with Gasteiger partial charge in [0, 0.05) is 43.4 Å². The van der Waals surface area contributed by atoms with Crippen LogP contribution in [0.1, 0.15) is 11.6 Å². The molecule has 2 heterocycles. The predicted molar refractivity (Wildman–Crippen MR) is 127 cm³/mol. The first-order valence-electron chi connectivity index (χ1n) is 10.7.